The second-order valence-electron chi connectivity index (χ2n) is 3.89. The Hall–Kier alpha value is -1.78. The normalized spacial score (nSPS) is 9.60. The summed E-state index contributed by atoms with van der Waals surface area (Å²) >= 11 is 4.89. The summed E-state index contributed by atoms with van der Waals surface area (Å²) in [6.45, 7) is 0.740. The molecule has 0 saturated carbocycles. The van der Waals surface area contributed by atoms with Crippen LogP contribution in [0.2, 0.25) is 0 Å². The SMILES string of the molecule is NCCc1ccccc1.O=C(Cl)c1c(F)cccc1F. The molecule has 2 aromatic carbocycles. The summed E-state index contributed by atoms with van der Waals surface area (Å²) in [5.74, 6) is -1.88. The average molecular weight is 298 g/mol. The zero-order chi connectivity index (χ0) is 15.0. The molecule has 0 aliphatic heterocycles. The Morgan fingerprint density at radius 3 is 1.95 bits per heavy atom. The third-order valence-electron chi connectivity index (χ3n) is 2.44. The van der Waals surface area contributed by atoms with E-state index in [-0.39, 0.29) is 0 Å². The zero-order valence-corrected chi connectivity index (χ0v) is 11.4. The molecular weight excluding hydrogens is 284 g/mol. The van der Waals surface area contributed by atoms with Gasteiger partial charge in [0.25, 0.3) is 5.24 Å². The van der Waals surface area contributed by atoms with Gasteiger partial charge in [0.1, 0.15) is 17.2 Å². The maximum Gasteiger partial charge on any atom is 0.258 e. The fourth-order valence-corrected chi connectivity index (χ4v) is 1.68. The summed E-state index contributed by atoms with van der Waals surface area (Å²) in [5, 5.41) is -1.12. The van der Waals surface area contributed by atoms with E-state index < -0.39 is 22.4 Å². The van der Waals surface area contributed by atoms with Gasteiger partial charge in [-0.25, -0.2) is 8.78 Å². The Labute approximate surface area is 121 Å². The van der Waals surface area contributed by atoms with E-state index in [9.17, 15) is 13.6 Å². The molecule has 0 spiro atoms. The van der Waals surface area contributed by atoms with Gasteiger partial charge in [-0.05, 0) is 42.3 Å². The van der Waals surface area contributed by atoms with Crippen molar-refractivity contribution >= 4 is 16.8 Å². The predicted octanol–water partition coefficient (Wildman–Crippen LogP) is 3.53. The van der Waals surface area contributed by atoms with Crippen molar-refractivity contribution in [3.05, 3.63) is 71.3 Å². The number of carbonyl (C=O) groups is 1. The van der Waals surface area contributed by atoms with E-state index in [0.29, 0.717) is 0 Å². The van der Waals surface area contributed by atoms with Gasteiger partial charge >= 0.3 is 0 Å². The number of benzene rings is 2. The summed E-state index contributed by atoms with van der Waals surface area (Å²) in [5.41, 5.74) is 5.98. The highest BCUT2D eigenvalue weighted by Crippen LogP contribution is 2.13. The minimum absolute atomic E-state index is 0.700. The first kappa shape index (κ1) is 16.3. The second kappa shape index (κ2) is 8.40. The van der Waals surface area contributed by atoms with Crippen molar-refractivity contribution in [3.8, 4) is 0 Å². The third-order valence-corrected chi connectivity index (χ3v) is 2.62. The van der Waals surface area contributed by atoms with Crippen LogP contribution < -0.4 is 5.73 Å². The number of carbonyl (C=O) groups excluding carboxylic acids is 1. The van der Waals surface area contributed by atoms with E-state index in [2.05, 4.69) is 12.1 Å². The zero-order valence-electron chi connectivity index (χ0n) is 10.7. The van der Waals surface area contributed by atoms with Crippen molar-refractivity contribution in [1.29, 1.82) is 0 Å². The van der Waals surface area contributed by atoms with Crippen LogP contribution in [-0.2, 0) is 6.42 Å². The molecule has 0 unspecified atom stereocenters. The molecular formula is C15H14ClF2NO. The molecule has 5 heteroatoms. The van der Waals surface area contributed by atoms with Gasteiger partial charge in [0.05, 0.1) is 0 Å². The van der Waals surface area contributed by atoms with Crippen LogP contribution in [-0.4, -0.2) is 11.8 Å². The van der Waals surface area contributed by atoms with E-state index in [1.807, 2.05) is 18.2 Å². The van der Waals surface area contributed by atoms with Gasteiger partial charge in [-0.2, -0.15) is 0 Å². The first-order valence-electron chi connectivity index (χ1n) is 5.94. The fraction of sp³-hybridized carbons (Fsp3) is 0.133. The monoisotopic (exact) mass is 297 g/mol. The molecule has 0 aromatic heterocycles. The number of rotatable bonds is 3. The van der Waals surface area contributed by atoms with Crippen LogP contribution >= 0.6 is 11.6 Å². The van der Waals surface area contributed by atoms with Crippen molar-refractivity contribution in [2.24, 2.45) is 5.73 Å². The highest BCUT2D eigenvalue weighted by Gasteiger charge is 2.13. The van der Waals surface area contributed by atoms with Crippen LogP contribution in [0.4, 0.5) is 8.78 Å². The Kier molecular flexibility index (Phi) is 6.84. The summed E-state index contributed by atoms with van der Waals surface area (Å²) < 4.78 is 25.1. The van der Waals surface area contributed by atoms with E-state index in [0.717, 1.165) is 31.2 Å². The highest BCUT2D eigenvalue weighted by atomic mass is 35.5. The van der Waals surface area contributed by atoms with Crippen molar-refractivity contribution in [3.63, 3.8) is 0 Å². The molecule has 0 fully saturated rings. The van der Waals surface area contributed by atoms with Crippen molar-refractivity contribution in [2.75, 3.05) is 6.54 Å². The van der Waals surface area contributed by atoms with Gasteiger partial charge < -0.3 is 5.73 Å². The Balaban J connectivity index is 0.000000204. The third kappa shape index (κ3) is 5.07. The molecule has 0 atom stereocenters. The Bertz CT molecular complexity index is 541. The van der Waals surface area contributed by atoms with Crippen LogP contribution in [0.1, 0.15) is 15.9 Å². The highest BCUT2D eigenvalue weighted by molar-refractivity contribution is 6.67. The largest absolute Gasteiger partial charge is 0.330 e. The van der Waals surface area contributed by atoms with Gasteiger partial charge in [-0.3, -0.25) is 4.79 Å². The average Bonchev–Trinajstić information content (AvgIpc) is 2.40. The summed E-state index contributed by atoms with van der Waals surface area (Å²) in [6.07, 6.45) is 0.987. The molecule has 0 amide bonds. The Morgan fingerprint density at radius 2 is 1.55 bits per heavy atom. The molecule has 2 aromatic rings. The summed E-state index contributed by atoms with van der Waals surface area (Å²) in [4.78, 5) is 10.4. The van der Waals surface area contributed by atoms with Gasteiger partial charge in [0.15, 0.2) is 0 Å². The fourth-order valence-electron chi connectivity index (χ4n) is 1.50. The number of halogens is 3. The molecule has 20 heavy (non-hydrogen) atoms. The van der Waals surface area contributed by atoms with Crippen LogP contribution in [0.3, 0.4) is 0 Å². The van der Waals surface area contributed by atoms with E-state index in [1.54, 1.807) is 0 Å². The first-order chi connectivity index (χ1) is 9.56. The number of hydrogen-bond donors (Lipinski definition) is 1. The molecule has 0 bridgehead atoms. The van der Waals surface area contributed by atoms with E-state index >= 15 is 0 Å². The van der Waals surface area contributed by atoms with Crippen LogP contribution in [0.25, 0.3) is 0 Å². The lowest BCUT2D eigenvalue weighted by Crippen LogP contribution is -2.01. The van der Waals surface area contributed by atoms with Crippen molar-refractivity contribution in [2.45, 2.75) is 6.42 Å². The van der Waals surface area contributed by atoms with Crippen LogP contribution in [0.15, 0.2) is 48.5 Å². The quantitative estimate of drug-likeness (QED) is 0.881. The Morgan fingerprint density at radius 1 is 1.00 bits per heavy atom. The smallest absolute Gasteiger partial charge is 0.258 e. The molecule has 2 rings (SSSR count). The van der Waals surface area contributed by atoms with Crippen LogP contribution in [0.5, 0.6) is 0 Å². The second-order valence-corrected chi connectivity index (χ2v) is 4.24. The topological polar surface area (TPSA) is 43.1 Å². The maximum absolute atomic E-state index is 12.6. The van der Waals surface area contributed by atoms with Gasteiger partial charge in [0, 0.05) is 0 Å². The molecule has 2 nitrogen and oxygen atoms in total. The first-order valence-corrected chi connectivity index (χ1v) is 6.32. The van der Waals surface area contributed by atoms with Crippen molar-refractivity contribution in [1.82, 2.24) is 0 Å². The molecule has 0 aliphatic carbocycles. The molecule has 2 N–H and O–H groups in total. The van der Waals surface area contributed by atoms with E-state index in [1.165, 1.54) is 5.56 Å². The lowest BCUT2D eigenvalue weighted by molar-refractivity contribution is 0.107. The van der Waals surface area contributed by atoms with Gasteiger partial charge in [-0.1, -0.05) is 36.4 Å². The minimum Gasteiger partial charge on any atom is -0.330 e. The van der Waals surface area contributed by atoms with Crippen LogP contribution in [0, 0.1) is 11.6 Å². The lowest BCUT2D eigenvalue weighted by Gasteiger charge is -1.96. The van der Waals surface area contributed by atoms with E-state index in [4.69, 9.17) is 17.3 Å². The van der Waals surface area contributed by atoms with Gasteiger partial charge in [-0.15, -0.1) is 0 Å². The summed E-state index contributed by atoms with van der Waals surface area (Å²) in [6, 6.07) is 13.4. The summed E-state index contributed by atoms with van der Waals surface area (Å²) in [7, 11) is 0. The molecule has 0 heterocycles. The minimum atomic E-state index is -1.12. The lowest BCUT2D eigenvalue weighted by atomic mass is 10.2. The molecule has 0 saturated heterocycles. The molecule has 0 aliphatic rings. The standard InChI is InChI=1S/C8H11N.C7H3ClF2O/c9-7-6-8-4-2-1-3-5-8;8-7(11)6-4(9)2-1-3-5(6)10/h1-5H,6-7,9H2;1-3H. The molecule has 0 radical (unpaired) electrons. The number of nitrogens with two attached hydrogens (primary N) is 1. The van der Waals surface area contributed by atoms with Gasteiger partial charge in [0.2, 0.25) is 0 Å². The maximum atomic E-state index is 12.6. The number of hydrogen-bond acceptors (Lipinski definition) is 2. The van der Waals surface area contributed by atoms with Crippen molar-refractivity contribution < 1.29 is 13.6 Å². The predicted molar refractivity (Wildman–Crippen MR) is 75.7 cm³/mol. The molecule has 106 valence electrons.